The minimum atomic E-state index is -0.0323. The van der Waals surface area contributed by atoms with E-state index in [-0.39, 0.29) is 23.3 Å². The van der Waals surface area contributed by atoms with Gasteiger partial charge in [-0.25, -0.2) is 15.0 Å². The summed E-state index contributed by atoms with van der Waals surface area (Å²) in [5.74, 6) is 1.55. The molecular formula is C91H76Cl2N16O4S. The van der Waals surface area contributed by atoms with Crippen LogP contribution in [-0.2, 0) is 6.42 Å². The number of rotatable bonds is 11. The van der Waals surface area contributed by atoms with Crippen molar-refractivity contribution in [2.45, 2.75) is 63.8 Å². The van der Waals surface area contributed by atoms with Crippen LogP contribution in [0.3, 0.4) is 0 Å². The summed E-state index contributed by atoms with van der Waals surface area (Å²) in [6.45, 7) is 7.87. The molecule has 3 aliphatic heterocycles. The SMILES string of the molecule is O=C(c1ccc(Nc2nccc(-c3ccc(Cl)cc3)n2)cc1)N1CCC(N2CCCC2)CC1.O=C1c2ccccc2-c2n[nH]c3ccc(Cl)c1c23.O=C1c2ccccc2-c2n[nH]c3cccc1c23.O=C1c2ccccc2-c2nsc3cccc1c23.c1cc(CCCN2CCCCC2)cc(-c2n[nH]c3ccc(-c4ncn[nH]4)cc23)c1. The predicted octanol–water partition coefficient (Wildman–Crippen LogP) is 19.4. The number of likely N-dealkylation sites (tertiary alicyclic amines) is 3. The van der Waals surface area contributed by atoms with Crippen LogP contribution in [0.2, 0.25) is 10.0 Å². The first-order chi connectivity index (χ1) is 56.0. The van der Waals surface area contributed by atoms with Crippen LogP contribution in [-0.4, -0.2) is 150 Å². The Morgan fingerprint density at radius 2 is 1.11 bits per heavy atom. The maximum absolute atomic E-state index is 13.0. The van der Waals surface area contributed by atoms with Crippen molar-refractivity contribution in [1.82, 2.24) is 74.8 Å². The number of nitrogens with one attached hydrogen (secondary N) is 5. The van der Waals surface area contributed by atoms with Crippen molar-refractivity contribution in [2.24, 2.45) is 0 Å². The molecule has 20 nitrogen and oxygen atoms in total. The zero-order valence-corrected chi connectivity index (χ0v) is 64.4. The molecule has 5 N–H and O–H groups in total. The van der Waals surface area contributed by atoms with Crippen LogP contribution < -0.4 is 5.32 Å². The molecule has 0 bridgehead atoms. The fourth-order valence-electron chi connectivity index (χ4n) is 16.5. The van der Waals surface area contributed by atoms with Crippen LogP contribution in [0, 0.1) is 0 Å². The Balaban J connectivity index is 0.000000102. The van der Waals surface area contributed by atoms with Gasteiger partial charge >= 0.3 is 0 Å². The Hall–Kier alpha value is -12.5. The van der Waals surface area contributed by atoms with Gasteiger partial charge in [0, 0.05) is 124 Å². The number of piperidine rings is 2. The van der Waals surface area contributed by atoms with Gasteiger partial charge < -0.3 is 20.0 Å². The molecule has 0 spiro atoms. The number of nitrogens with zero attached hydrogens (tertiary/aromatic N) is 11. The van der Waals surface area contributed by atoms with Crippen LogP contribution in [0.1, 0.15) is 115 Å². The van der Waals surface area contributed by atoms with Crippen LogP contribution >= 0.6 is 34.7 Å². The van der Waals surface area contributed by atoms with Gasteiger partial charge in [-0.05, 0) is 192 Å². The number of benzene rings is 10. The first-order valence-electron chi connectivity index (χ1n) is 38.6. The molecule has 0 saturated carbocycles. The summed E-state index contributed by atoms with van der Waals surface area (Å²) in [5, 5.41) is 37.5. The maximum atomic E-state index is 13.0. The van der Waals surface area contributed by atoms with Crippen molar-refractivity contribution in [3.8, 4) is 67.7 Å². The van der Waals surface area contributed by atoms with Gasteiger partial charge in [-0.15, -0.1) is 0 Å². The van der Waals surface area contributed by atoms with Crippen molar-refractivity contribution < 1.29 is 19.2 Å². The first kappa shape index (κ1) is 73.0. The number of aromatic amines is 4. The number of amides is 1. The maximum Gasteiger partial charge on any atom is 0.253 e. The lowest BCUT2D eigenvalue weighted by atomic mass is 9.87. The molecule has 10 aromatic carbocycles. The molecule has 0 atom stereocenters. The molecule has 3 fully saturated rings. The zero-order valence-electron chi connectivity index (χ0n) is 62.0. The van der Waals surface area contributed by atoms with E-state index in [1.807, 2.05) is 187 Å². The topological polar surface area (TPSA) is 256 Å². The molecule has 1 amide bonds. The number of anilines is 2. The highest BCUT2D eigenvalue weighted by Crippen LogP contribution is 2.43. The number of hydrogen-bond donors (Lipinski definition) is 5. The lowest BCUT2D eigenvalue weighted by molar-refractivity contribution is 0.0644. The highest BCUT2D eigenvalue weighted by atomic mass is 35.5. The highest BCUT2D eigenvalue weighted by Gasteiger charge is 2.33. The second-order valence-electron chi connectivity index (χ2n) is 29.2. The van der Waals surface area contributed by atoms with E-state index >= 15 is 0 Å². The van der Waals surface area contributed by atoms with Gasteiger partial charge in [-0.2, -0.15) is 24.8 Å². The summed E-state index contributed by atoms with van der Waals surface area (Å²) in [6.07, 6.45) is 14.5. The Bertz CT molecular complexity index is 6160. The van der Waals surface area contributed by atoms with Gasteiger partial charge in [0.15, 0.2) is 23.2 Å². The van der Waals surface area contributed by atoms with E-state index in [9.17, 15) is 19.2 Å². The fourth-order valence-corrected chi connectivity index (χ4v) is 17.6. The number of aromatic nitrogens is 12. The number of carbonyl (C=O) groups excluding carboxylic acids is 4. The van der Waals surface area contributed by atoms with E-state index in [1.165, 1.54) is 94.7 Å². The van der Waals surface area contributed by atoms with Gasteiger partial charge in [0.2, 0.25) is 5.95 Å². The monoisotopic (exact) mass is 1560 g/mol. The Morgan fingerprint density at radius 1 is 0.500 bits per heavy atom. The lowest BCUT2D eigenvalue weighted by Crippen LogP contribution is -2.45. The molecule has 564 valence electrons. The molecule has 23 heteroatoms. The number of fused-ring (bicyclic) bond motifs is 7. The summed E-state index contributed by atoms with van der Waals surface area (Å²) in [5.41, 5.74) is 20.3. The standard InChI is InChI=1S/C26H28ClN5O.C23H26N6.C14H7ClN2O.C14H8N2O.C14H7NOS/c27-21-7-3-19(4-8-21)24-11-14-28-26(30-24)29-22-9-5-20(6-10-22)25(33)32-17-12-23(13-18-32)31-15-1-2-16-31;1-2-11-29(12-3-1)13-5-7-17-6-4-8-18(14-17)22-20-15-19(23-24-16-25-28-23)9-10-21(20)26-27-22;15-9-5-6-10-12-11(9)14(18)8-4-2-1-3-7(8)13(12)17-16-10;17-14-9-5-2-1-4-8(9)13-12-10(14)6-3-7-11(12)15-16-13;16-14-9-5-2-1-4-8(9)13-12-10(14)6-3-7-11(12)17-15-13/h3-11,14,23H,1-2,12-13,15-18H2,(H,28,29,30);4,6,8-10,14-16H,1-3,5,7,11-13H2,(H,26,27)(H,24,25,28);1-6H,(H,16,17);1-7H,(H,15,16);1-7H. The largest absolute Gasteiger partial charge is 0.339 e. The van der Waals surface area contributed by atoms with Crippen molar-refractivity contribution in [3.05, 3.63) is 285 Å². The Kier molecular flexibility index (Phi) is 20.7. The second kappa shape index (κ2) is 32.3. The van der Waals surface area contributed by atoms with Gasteiger partial charge in [-0.1, -0.05) is 157 Å². The molecule has 114 heavy (non-hydrogen) atoms. The lowest BCUT2D eigenvalue weighted by Gasteiger charge is -2.36. The predicted molar refractivity (Wildman–Crippen MR) is 451 cm³/mol. The van der Waals surface area contributed by atoms with E-state index in [0.29, 0.717) is 33.2 Å². The average Bonchev–Trinajstić information content (AvgIpc) is 1.51. The first-order valence-corrected chi connectivity index (χ1v) is 40.1. The van der Waals surface area contributed by atoms with Crippen LogP contribution in [0.15, 0.2) is 231 Å². The summed E-state index contributed by atoms with van der Waals surface area (Å²) in [7, 11) is 0. The summed E-state index contributed by atoms with van der Waals surface area (Å²) < 4.78 is 5.57. The second-order valence-corrected chi connectivity index (χ2v) is 30.8. The third kappa shape index (κ3) is 14.7. The number of H-pyrrole nitrogens is 4. The van der Waals surface area contributed by atoms with Gasteiger partial charge in [0.05, 0.1) is 48.9 Å². The van der Waals surface area contributed by atoms with E-state index in [0.717, 1.165) is 176 Å². The summed E-state index contributed by atoms with van der Waals surface area (Å²) in [4.78, 5) is 70.6. The van der Waals surface area contributed by atoms with Gasteiger partial charge in [0.25, 0.3) is 5.91 Å². The number of halogens is 2. The number of aryl methyl sites for hydroxylation is 1. The Labute approximate surface area is 670 Å². The number of carbonyl (C=O) groups is 4. The van der Waals surface area contributed by atoms with Crippen molar-refractivity contribution in [1.29, 1.82) is 0 Å². The van der Waals surface area contributed by atoms with Crippen molar-refractivity contribution in [3.63, 3.8) is 0 Å². The molecule has 0 unspecified atom stereocenters. The van der Waals surface area contributed by atoms with E-state index < -0.39 is 0 Å². The summed E-state index contributed by atoms with van der Waals surface area (Å²) >= 11 is 13.6. The molecule has 9 heterocycles. The molecule has 6 aromatic heterocycles. The average molecular weight is 1560 g/mol. The van der Waals surface area contributed by atoms with Crippen molar-refractivity contribution >= 4 is 112 Å². The molecule has 3 aliphatic carbocycles. The van der Waals surface area contributed by atoms with E-state index in [1.54, 1.807) is 12.3 Å². The van der Waals surface area contributed by atoms with Crippen LogP contribution in [0.25, 0.3) is 110 Å². The smallest absolute Gasteiger partial charge is 0.253 e. The highest BCUT2D eigenvalue weighted by molar-refractivity contribution is 7.13. The Morgan fingerprint density at radius 3 is 1.82 bits per heavy atom. The third-order valence-corrected chi connectivity index (χ3v) is 23.6. The minimum absolute atomic E-state index is 0.0323. The molecule has 6 aliphatic rings. The zero-order chi connectivity index (χ0) is 77.2. The van der Waals surface area contributed by atoms with E-state index in [2.05, 4.69) is 106 Å². The quantitative estimate of drug-likeness (QED) is 0.0807. The normalized spacial score (nSPS) is 14.7. The van der Waals surface area contributed by atoms with Crippen LogP contribution in [0.5, 0.6) is 0 Å². The van der Waals surface area contributed by atoms with Crippen LogP contribution in [0.4, 0.5) is 11.6 Å². The van der Waals surface area contributed by atoms with E-state index in [4.69, 9.17) is 23.2 Å². The fraction of sp³-hybridized carbons (Fsp3) is 0.187. The number of hydrogen-bond acceptors (Lipinski definition) is 16. The van der Waals surface area contributed by atoms with Gasteiger partial charge in [-0.3, -0.25) is 39.6 Å². The van der Waals surface area contributed by atoms with Crippen molar-refractivity contribution in [2.75, 3.05) is 51.1 Å². The third-order valence-electron chi connectivity index (χ3n) is 22.2. The van der Waals surface area contributed by atoms with Gasteiger partial charge in [0.1, 0.15) is 17.7 Å². The molecule has 16 aromatic rings. The molecule has 0 radical (unpaired) electrons. The molecule has 3 saturated heterocycles. The molecule has 22 rings (SSSR count). The minimum Gasteiger partial charge on any atom is -0.339 e. The molecular weight excluding hydrogens is 1480 g/mol. The number of ketones is 3. The summed E-state index contributed by atoms with van der Waals surface area (Å²) in [6, 6.07) is 70.5.